The molecule has 0 fully saturated rings. The van der Waals surface area contributed by atoms with E-state index in [1.807, 2.05) is 26.8 Å². The monoisotopic (exact) mass is 462 g/mol. The number of thiazole rings is 1. The van der Waals surface area contributed by atoms with Crippen molar-refractivity contribution in [2.45, 2.75) is 56.7 Å². The zero-order valence-corrected chi connectivity index (χ0v) is 19.6. The van der Waals surface area contributed by atoms with Crippen molar-refractivity contribution < 1.29 is 17.9 Å². The largest absolute Gasteiger partial charge is 0.497 e. The predicted molar refractivity (Wildman–Crippen MR) is 122 cm³/mol. The second-order valence-corrected chi connectivity index (χ2v) is 11.0. The molecule has 0 radical (unpaired) electrons. The molecule has 2 heterocycles. The number of aromatic nitrogens is 1. The summed E-state index contributed by atoms with van der Waals surface area (Å²) >= 11 is 1.07. The molecule has 0 unspecified atom stereocenters. The molecule has 1 aliphatic heterocycles. The zero-order valence-electron chi connectivity index (χ0n) is 18.0. The summed E-state index contributed by atoms with van der Waals surface area (Å²) in [5.41, 5.74) is 0.983. The fourth-order valence-corrected chi connectivity index (χ4v) is 6.24. The van der Waals surface area contributed by atoms with Crippen molar-refractivity contribution in [2.75, 3.05) is 7.11 Å². The standard InChI is InChI=1S/C22H26N2O5S2/c1-5-10-24-18-9-7-15(12-20(18)30-21(24)25)31(26,27)23-17-13-22(2,3)29-19-11-14(28-4)6-8-16(17)19/h6-9,11-12,17,23H,5,10,13H2,1-4H3/t17-/m0/s1. The van der Waals surface area contributed by atoms with Crippen LogP contribution in [0.2, 0.25) is 0 Å². The highest BCUT2D eigenvalue weighted by molar-refractivity contribution is 7.89. The normalized spacial score (nSPS) is 17.9. The van der Waals surface area contributed by atoms with Crippen LogP contribution < -0.4 is 19.1 Å². The van der Waals surface area contributed by atoms with Crippen LogP contribution in [0.3, 0.4) is 0 Å². The average molecular weight is 463 g/mol. The molecule has 3 aromatic rings. The lowest BCUT2D eigenvalue weighted by atomic mass is 9.90. The fraction of sp³-hybridized carbons (Fsp3) is 0.409. The molecule has 1 atom stereocenters. The third-order valence-electron chi connectivity index (χ3n) is 5.37. The highest BCUT2D eigenvalue weighted by Crippen LogP contribution is 2.41. The Labute approximate surface area is 185 Å². The lowest BCUT2D eigenvalue weighted by Crippen LogP contribution is -2.41. The van der Waals surface area contributed by atoms with Gasteiger partial charge in [0.15, 0.2) is 0 Å². The van der Waals surface area contributed by atoms with Crippen LogP contribution in [-0.4, -0.2) is 25.7 Å². The molecular formula is C22H26N2O5S2. The number of nitrogens with zero attached hydrogens (tertiary/aromatic N) is 1. The highest BCUT2D eigenvalue weighted by Gasteiger charge is 2.36. The van der Waals surface area contributed by atoms with Gasteiger partial charge in [-0.25, -0.2) is 13.1 Å². The van der Waals surface area contributed by atoms with Gasteiger partial charge in [0.25, 0.3) is 0 Å². The summed E-state index contributed by atoms with van der Waals surface area (Å²) in [4.78, 5) is 12.3. The van der Waals surface area contributed by atoms with Gasteiger partial charge in [0.1, 0.15) is 17.1 Å². The Kier molecular flexibility index (Phi) is 5.61. The Bertz CT molecular complexity index is 1290. The van der Waals surface area contributed by atoms with Gasteiger partial charge in [-0.2, -0.15) is 0 Å². The van der Waals surface area contributed by atoms with Crippen LogP contribution in [0.5, 0.6) is 11.5 Å². The molecule has 2 aromatic carbocycles. The van der Waals surface area contributed by atoms with E-state index in [0.717, 1.165) is 28.8 Å². The Morgan fingerprint density at radius 2 is 2.03 bits per heavy atom. The Balaban J connectivity index is 1.70. The molecule has 31 heavy (non-hydrogen) atoms. The minimum Gasteiger partial charge on any atom is -0.497 e. The molecule has 0 saturated heterocycles. The van der Waals surface area contributed by atoms with Crippen LogP contribution in [-0.2, 0) is 16.6 Å². The van der Waals surface area contributed by atoms with Crippen molar-refractivity contribution in [3.05, 3.63) is 51.6 Å². The van der Waals surface area contributed by atoms with E-state index in [0.29, 0.717) is 29.2 Å². The number of aryl methyl sites for hydroxylation is 1. The summed E-state index contributed by atoms with van der Waals surface area (Å²) in [6.45, 7) is 6.47. The first kappa shape index (κ1) is 21.9. The van der Waals surface area contributed by atoms with E-state index in [2.05, 4.69) is 4.72 Å². The van der Waals surface area contributed by atoms with Crippen LogP contribution in [0.15, 0.2) is 46.1 Å². The van der Waals surface area contributed by atoms with Crippen LogP contribution in [0.1, 0.15) is 45.2 Å². The van der Waals surface area contributed by atoms with Crippen LogP contribution in [0, 0.1) is 0 Å². The van der Waals surface area contributed by atoms with Gasteiger partial charge in [-0.05, 0) is 44.5 Å². The molecule has 0 aliphatic carbocycles. The van der Waals surface area contributed by atoms with Gasteiger partial charge in [-0.1, -0.05) is 24.3 Å². The third kappa shape index (κ3) is 4.22. The van der Waals surface area contributed by atoms with E-state index in [-0.39, 0.29) is 9.77 Å². The first-order valence-corrected chi connectivity index (χ1v) is 12.5. The number of rotatable bonds is 6. The van der Waals surface area contributed by atoms with Gasteiger partial charge in [-0.3, -0.25) is 9.36 Å². The molecule has 1 N–H and O–H groups in total. The smallest absolute Gasteiger partial charge is 0.308 e. The lowest BCUT2D eigenvalue weighted by Gasteiger charge is -2.37. The molecule has 0 spiro atoms. The molecule has 4 rings (SSSR count). The van der Waals surface area contributed by atoms with Crippen molar-refractivity contribution >= 4 is 31.6 Å². The summed E-state index contributed by atoms with van der Waals surface area (Å²) in [6, 6.07) is 9.80. The fourth-order valence-electron chi connectivity index (χ4n) is 3.97. The number of nitrogens with one attached hydrogen (secondary N) is 1. The minimum atomic E-state index is -3.82. The van der Waals surface area contributed by atoms with E-state index >= 15 is 0 Å². The summed E-state index contributed by atoms with van der Waals surface area (Å²) < 4.78 is 43.0. The third-order valence-corrected chi connectivity index (χ3v) is 7.78. The first-order chi connectivity index (χ1) is 14.6. The summed E-state index contributed by atoms with van der Waals surface area (Å²) in [6.07, 6.45) is 1.31. The predicted octanol–water partition coefficient (Wildman–Crippen LogP) is 4.06. The summed E-state index contributed by atoms with van der Waals surface area (Å²) in [5, 5.41) is 0. The van der Waals surface area contributed by atoms with E-state index in [1.165, 1.54) is 0 Å². The van der Waals surface area contributed by atoms with Crippen LogP contribution >= 0.6 is 11.3 Å². The lowest BCUT2D eigenvalue weighted by molar-refractivity contribution is 0.0699. The van der Waals surface area contributed by atoms with E-state index in [1.54, 1.807) is 42.0 Å². The molecule has 0 saturated carbocycles. The molecule has 7 nitrogen and oxygen atoms in total. The maximum atomic E-state index is 13.2. The Morgan fingerprint density at radius 1 is 1.26 bits per heavy atom. The molecule has 0 bridgehead atoms. The molecule has 9 heteroatoms. The zero-order chi connectivity index (χ0) is 22.4. The summed E-state index contributed by atoms with van der Waals surface area (Å²) in [7, 11) is -2.24. The second-order valence-electron chi connectivity index (χ2n) is 8.29. The van der Waals surface area contributed by atoms with Crippen molar-refractivity contribution in [2.24, 2.45) is 0 Å². The SMILES string of the molecule is CCCn1c(=O)sc2cc(S(=O)(=O)N[C@H]3CC(C)(C)Oc4cc(OC)ccc43)ccc21. The topological polar surface area (TPSA) is 86.6 Å². The van der Waals surface area contributed by atoms with Gasteiger partial charge in [0, 0.05) is 24.6 Å². The van der Waals surface area contributed by atoms with E-state index in [9.17, 15) is 13.2 Å². The quantitative estimate of drug-likeness (QED) is 0.597. The van der Waals surface area contributed by atoms with E-state index in [4.69, 9.17) is 9.47 Å². The number of sulfonamides is 1. The number of methoxy groups -OCH3 is 1. The Morgan fingerprint density at radius 3 is 2.74 bits per heavy atom. The number of benzene rings is 2. The van der Waals surface area contributed by atoms with Crippen molar-refractivity contribution in [1.29, 1.82) is 0 Å². The van der Waals surface area contributed by atoms with Gasteiger partial charge < -0.3 is 9.47 Å². The van der Waals surface area contributed by atoms with Gasteiger partial charge in [0.05, 0.1) is 28.3 Å². The van der Waals surface area contributed by atoms with Gasteiger partial charge in [-0.15, -0.1) is 0 Å². The van der Waals surface area contributed by atoms with Crippen molar-refractivity contribution in [1.82, 2.24) is 9.29 Å². The number of hydrogen-bond donors (Lipinski definition) is 1. The van der Waals surface area contributed by atoms with E-state index < -0.39 is 21.7 Å². The number of ether oxygens (including phenoxy) is 2. The van der Waals surface area contributed by atoms with Gasteiger partial charge >= 0.3 is 4.87 Å². The minimum absolute atomic E-state index is 0.0755. The second kappa shape index (κ2) is 7.96. The maximum absolute atomic E-state index is 13.2. The average Bonchev–Trinajstić information content (AvgIpc) is 3.01. The van der Waals surface area contributed by atoms with Crippen molar-refractivity contribution in [3.8, 4) is 11.5 Å². The number of fused-ring (bicyclic) bond motifs is 2. The van der Waals surface area contributed by atoms with Crippen LogP contribution in [0.25, 0.3) is 10.2 Å². The maximum Gasteiger partial charge on any atom is 0.308 e. The molecular weight excluding hydrogens is 436 g/mol. The van der Waals surface area contributed by atoms with Gasteiger partial charge in [0.2, 0.25) is 10.0 Å². The molecule has 0 amide bonds. The first-order valence-electron chi connectivity index (χ1n) is 10.2. The Hall–Kier alpha value is -2.36. The molecule has 1 aliphatic rings. The molecule has 166 valence electrons. The number of hydrogen-bond acceptors (Lipinski definition) is 6. The highest BCUT2D eigenvalue weighted by atomic mass is 32.2. The van der Waals surface area contributed by atoms with Crippen molar-refractivity contribution in [3.63, 3.8) is 0 Å². The summed E-state index contributed by atoms with van der Waals surface area (Å²) in [5.74, 6) is 1.25. The molecule has 1 aromatic heterocycles. The van der Waals surface area contributed by atoms with Crippen LogP contribution in [0.4, 0.5) is 0 Å².